The zero-order valence-electron chi connectivity index (χ0n) is 31.2. The Morgan fingerprint density at radius 2 is 1.60 bits per heavy atom. The lowest BCUT2D eigenvalue weighted by Crippen LogP contribution is -2.65. The second kappa shape index (κ2) is 13.7. The van der Waals surface area contributed by atoms with Crippen molar-refractivity contribution < 1.29 is 64.2 Å². The van der Waals surface area contributed by atoms with Crippen LogP contribution in [0.4, 0.5) is 0 Å². The summed E-state index contributed by atoms with van der Waals surface area (Å²) in [6, 6.07) is 0. The summed E-state index contributed by atoms with van der Waals surface area (Å²) in [7, 11) is 0. The Hall–Kier alpha value is -0.780. The van der Waals surface area contributed by atoms with Crippen LogP contribution in [-0.2, 0) is 28.4 Å². The van der Waals surface area contributed by atoms with Crippen molar-refractivity contribution in [2.45, 2.75) is 171 Å². The van der Waals surface area contributed by atoms with E-state index in [4.69, 9.17) is 28.4 Å². The zero-order valence-corrected chi connectivity index (χ0v) is 31.2. The van der Waals surface area contributed by atoms with Gasteiger partial charge in [-0.15, -0.1) is 0 Å². The summed E-state index contributed by atoms with van der Waals surface area (Å²) in [5, 5.41) is 74.9. The van der Waals surface area contributed by atoms with Crippen molar-refractivity contribution in [3.63, 3.8) is 0 Å². The number of hydrogen-bond donors (Lipinski definition) is 7. The van der Waals surface area contributed by atoms with Crippen LogP contribution in [0.15, 0.2) is 11.6 Å². The van der Waals surface area contributed by atoms with Gasteiger partial charge in [-0.3, -0.25) is 0 Å². The SMILES string of the molecule is CC1CCC2(OC1)OC1CC3C4CC=C5CC(O)CC(OC6OC(CO)C(O)C(O)C6OC6OC(C)C(O)C(O)C6O)C5(C)C4CCC3(C)C1C2C. The number of ether oxygens (including phenoxy) is 6. The minimum atomic E-state index is -1.66. The maximum Gasteiger partial charge on any atom is 0.187 e. The maximum atomic E-state index is 11.3. The summed E-state index contributed by atoms with van der Waals surface area (Å²) in [6.07, 6.45) is -5.95. The van der Waals surface area contributed by atoms with Gasteiger partial charge in [0.2, 0.25) is 0 Å². The molecule has 8 aliphatic rings. The van der Waals surface area contributed by atoms with Crippen molar-refractivity contribution in [3.8, 4) is 0 Å². The van der Waals surface area contributed by atoms with Crippen molar-refractivity contribution in [1.29, 1.82) is 0 Å². The van der Waals surface area contributed by atoms with Gasteiger partial charge in [-0.05, 0) is 80.5 Å². The summed E-state index contributed by atoms with van der Waals surface area (Å²) >= 11 is 0. The van der Waals surface area contributed by atoms with Gasteiger partial charge in [0, 0.05) is 24.2 Å². The smallest absolute Gasteiger partial charge is 0.187 e. The Kier molecular flexibility index (Phi) is 10.0. The molecule has 0 aromatic heterocycles. The second-order valence-corrected chi connectivity index (χ2v) is 18.3. The lowest BCUT2D eigenvalue weighted by atomic mass is 9.46. The van der Waals surface area contributed by atoms with Crippen molar-refractivity contribution >= 4 is 0 Å². The van der Waals surface area contributed by atoms with Crippen LogP contribution in [0, 0.1) is 46.3 Å². The lowest BCUT2D eigenvalue weighted by Gasteiger charge is -2.60. The minimum absolute atomic E-state index is 0.101. The standard InChI is InChI=1S/C39H62O13/c1-17-8-11-39(47-16-17)18(2)28-25(52-39)14-24-22-7-6-20-12-21(41)13-27(38(20,5)23(22)9-10-37(24,28)4)50-36-34(32(45)30(43)26(15-40)49-36)51-35-33(46)31(44)29(42)19(3)48-35/h6,17-19,21-36,40-46H,7-16H2,1-5H3. The van der Waals surface area contributed by atoms with E-state index in [0.29, 0.717) is 42.4 Å². The fraction of sp³-hybridized carbons (Fsp3) is 0.949. The first-order chi connectivity index (χ1) is 24.6. The third-order valence-electron chi connectivity index (χ3n) is 15.6. The van der Waals surface area contributed by atoms with Crippen LogP contribution in [-0.4, -0.2) is 134 Å². The highest BCUT2D eigenvalue weighted by atomic mass is 16.8. The van der Waals surface area contributed by atoms with Gasteiger partial charge in [0.25, 0.3) is 0 Å². The van der Waals surface area contributed by atoms with E-state index in [2.05, 4.69) is 33.8 Å². The quantitative estimate of drug-likeness (QED) is 0.200. The molecule has 0 aromatic carbocycles. The van der Waals surface area contributed by atoms with Gasteiger partial charge in [0.1, 0.15) is 42.7 Å². The molecule has 7 N–H and O–H groups in total. The molecule has 296 valence electrons. The van der Waals surface area contributed by atoms with Crippen molar-refractivity contribution in [3.05, 3.63) is 11.6 Å². The molecule has 3 saturated carbocycles. The first-order valence-corrected chi connectivity index (χ1v) is 19.9. The number of allylic oxidation sites excluding steroid dienone is 1. The normalized spacial score (nSPS) is 58.9. The fourth-order valence-electron chi connectivity index (χ4n) is 12.6. The van der Waals surface area contributed by atoms with E-state index < -0.39 is 91.4 Å². The molecule has 0 amide bonds. The largest absolute Gasteiger partial charge is 0.394 e. The molecule has 7 fully saturated rings. The van der Waals surface area contributed by atoms with Crippen LogP contribution in [0.25, 0.3) is 0 Å². The molecule has 0 aromatic rings. The van der Waals surface area contributed by atoms with Gasteiger partial charge in [0.05, 0.1) is 37.6 Å². The molecule has 4 saturated heterocycles. The van der Waals surface area contributed by atoms with Crippen molar-refractivity contribution in [2.24, 2.45) is 46.3 Å². The van der Waals surface area contributed by atoms with Gasteiger partial charge >= 0.3 is 0 Å². The Morgan fingerprint density at radius 1 is 0.827 bits per heavy atom. The fourth-order valence-corrected chi connectivity index (χ4v) is 12.6. The Labute approximate surface area is 306 Å². The van der Waals surface area contributed by atoms with Crippen molar-refractivity contribution in [2.75, 3.05) is 13.2 Å². The van der Waals surface area contributed by atoms with Gasteiger partial charge in [-0.25, -0.2) is 0 Å². The Bertz CT molecular complexity index is 1340. The molecule has 13 heteroatoms. The predicted octanol–water partition coefficient (Wildman–Crippen LogP) is 1.36. The van der Waals surface area contributed by atoms with Crippen LogP contribution >= 0.6 is 0 Å². The molecule has 0 radical (unpaired) electrons. The van der Waals surface area contributed by atoms with E-state index in [0.717, 1.165) is 50.7 Å². The van der Waals surface area contributed by atoms with Crippen molar-refractivity contribution in [1.82, 2.24) is 0 Å². The Balaban J connectivity index is 1.06. The number of aliphatic hydroxyl groups is 7. The van der Waals surface area contributed by atoms with E-state index in [-0.39, 0.29) is 17.4 Å². The number of rotatable bonds is 5. The van der Waals surface area contributed by atoms with E-state index >= 15 is 0 Å². The molecule has 13 nitrogen and oxygen atoms in total. The monoisotopic (exact) mass is 738 g/mol. The second-order valence-electron chi connectivity index (χ2n) is 18.3. The van der Waals surface area contributed by atoms with Gasteiger partial charge in [-0.1, -0.05) is 39.3 Å². The number of hydrogen-bond acceptors (Lipinski definition) is 13. The van der Waals surface area contributed by atoms with Gasteiger partial charge in [0.15, 0.2) is 18.4 Å². The lowest BCUT2D eigenvalue weighted by molar-refractivity contribution is -0.374. The van der Waals surface area contributed by atoms with E-state index in [1.807, 2.05) is 0 Å². The number of aliphatic hydroxyl groups excluding tert-OH is 7. The molecule has 22 atom stereocenters. The highest BCUT2D eigenvalue weighted by Gasteiger charge is 2.69. The van der Waals surface area contributed by atoms with Gasteiger partial charge < -0.3 is 64.2 Å². The molecule has 8 rings (SSSR count). The summed E-state index contributed by atoms with van der Waals surface area (Å²) in [5.41, 5.74) is 0.762. The molecule has 4 aliphatic carbocycles. The zero-order chi connectivity index (χ0) is 37.1. The van der Waals surface area contributed by atoms with E-state index in [9.17, 15) is 35.7 Å². The molecule has 4 heterocycles. The first kappa shape index (κ1) is 38.1. The van der Waals surface area contributed by atoms with Crippen LogP contribution in [0.1, 0.15) is 86.0 Å². The van der Waals surface area contributed by atoms with E-state index in [1.165, 1.54) is 6.92 Å². The minimum Gasteiger partial charge on any atom is -0.394 e. The maximum absolute atomic E-state index is 11.3. The highest BCUT2D eigenvalue weighted by molar-refractivity contribution is 5.29. The molecular formula is C39H62O13. The van der Waals surface area contributed by atoms with Crippen LogP contribution in [0.5, 0.6) is 0 Å². The first-order valence-electron chi connectivity index (χ1n) is 19.9. The summed E-state index contributed by atoms with van der Waals surface area (Å²) in [5.74, 6) is 1.86. The topological polar surface area (TPSA) is 197 Å². The van der Waals surface area contributed by atoms with E-state index in [1.54, 1.807) is 0 Å². The third kappa shape index (κ3) is 5.74. The number of fused-ring (bicyclic) bond motifs is 7. The predicted molar refractivity (Wildman–Crippen MR) is 183 cm³/mol. The average molecular weight is 739 g/mol. The average Bonchev–Trinajstić information content (AvgIpc) is 3.56. The van der Waals surface area contributed by atoms with Crippen LogP contribution in [0.2, 0.25) is 0 Å². The molecule has 52 heavy (non-hydrogen) atoms. The summed E-state index contributed by atoms with van der Waals surface area (Å²) in [4.78, 5) is 0. The van der Waals surface area contributed by atoms with Crippen LogP contribution < -0.4 is 0 Å². The molecule has 4 aliphatic heterocycles. The Morgan fingerprint density at radius 3 is 2.31 bits per heavy atom. The highest BCUT2D eigenvalue weighted by Crippen LogP contribution is 2.71. The summed E-state index contributed by atoms with van der Waals surface area (Å²) in [6.45, 7) is 11.0. The molecular weight excluding hydrogens is 676 g/mol. The summed E-state index contributed by atoms with van der Waals surface area (Å²) < 4.78 is 38.2. The molecule has 22 unspecified atom stereocenters. The third-order valence-corrected chi connectivity index (χ3v) is 15.6. The van der Waals surface area contributed by atoms with Gasteiger partial charge in [-0.2, -0.15) is 0 Å². The molecule has 0 bridgehead atoms. The van der Waals surface area contributed by atoms with Crippen LogP contribution in [0.3, 0.4) is 0 Å². The molecule has 1 spiro atoms.